The second-order valence-corrected chi connectivity index (χ2v) is 4.40. The van der Waals surface area contributed by atoms with Crippen LogP contribution in [-0.4, -0.2) is 32.0 Å². The van der Waals surface area contributed by atoms with E-state index in [4.69, 9.17) is 14.2 Å². The third kappa shape index (κ3) is 5.49. The fraction of sp³-hybridized carbons (Fsp3) is 0.600. The number of rotatable bonds is 9. The molecule has 1 rings (SSSR count). The van der Waals surface area contributed by atoms with Crippen LogP contribution in [0.15, 0.2) is 18.2 Å². The Kier molecular flexibility index (Phi) is 7.30. The topological polar surface area (TPSA) is 47.9 Å². The maximum atomic E-state index is 9.51. The van der Waals surface area contributed by atoms with Gasteiger partial charge in [0.05, 0.1) is 19.8 Å². The first kappa shape index (κ1) is 15.8. The van der Waals surface area contributed by atoms with Gasteiger partial charge >= 0.3 is 0 Å². The molecular formula is C15H24O4. The third-order valence-corrected chi connectivity index (χ3v) is 2.80. The number of benzene rings is 1. The number of aliphatic hydroxyl groups is 1. The van der Waals surface area contributed by atoms with Crippen LogP contribution in [0.1, 0.15) is 38.4 Å². The lowest BCUT2D eigenvalue weighted by Crippen LogP contribution is -2.08. The number of hydrogen-bond acceptors (Lipinski definition) is 4. The molecule has 108 valence electrons. The van der Waals surface area contributed by atoms with Crippen molar-refractivity contribution in [3.05, 3.63) is 23.8 Å². The van der Waals surface area contributed by atoms with Crippen LogP contribution >= 0.6 is 0 Å². The van der Waals surface area contributed by atoms with Gasteiger partial charge in [-0.15, -0.1) is 0 Å². The van der Waals surface area contributed by atoms with E-state index in [1.165, 1.54) is 0 Å². The minimum absolute atomic E-state index is 0.494. The monoisotopic (exact) mass is 268 g/mol. The van der Waals surface area contributed by atoms with Gasteiger partial charge in [-0.05, 0) is 31.0 Å². The van der Waals surface area contributed by atoms with Gasteiger partial charge in [-0.2, -0.15) is 0 Å². The van der Waals surface area contributed by atoms with Crippen molar-refractivity contribution in [2.24, 2.45) is 0 Å². The predicted molar refractivity (Wildman–Crippen MR) is 74.8 cm³/mol. The van der Waals surface area contributed by atoms with Gasteiger partial charge in [0.2, 0.25) is 0 Å². The van der Waals surface area contributed by atoms with E-state index in [9.17, 15) is 5.11 Å². The number of ether oxygens (including phenoxy) is 3. The smallest absolute Gasteiger partial charge is 0.161 e. The van der Waals surface area contributed by atoms with Gasteiger partial charge in [-0.25, -0.2) is 0 Å². The summed E-state index contributed by atoms with van der Waals surface area (Å²) in [6, 6.07) is 5.44. The van der Waals surface area contributed by atoms with Crippen molar-refractivity contribution < 1.29 is 19.3 Å². The van der Waals surface area contributed by atoms with Gasteiger partial charge in [0.25, 0.3) is 0 Å². The van der Waals surface area contributed by atoms with E-state index in [1.54, 1.807) is 20.1 Å². The molecule has 0 amide bonds. The number of hydrogen-bond donors (Lipinski definition) is 1. The third-order valence-electron chi connectivity index (χ3n) is 2.80. The van der Waals surface area contributed by atoms with E-state index in [0.29, 0.717) is 24.7 Å². The molecule has 0 spiro atoms. The lowest BCUT2D eigenvalue weighted by Gasteiger charge is -2.13. The molecule has 0 unspecified atom stereocenters. The van der Waals surface area contributed by atoms with Crippen molar-refractivity contribution >= 4 is 0 Å². The van der Waals surface area contributed by atoms with Crippen LogP contribution in [0.25, 0.3) is 0 Å². The van der Waals surface area contributed by atoms with Gasteiger partial charge in [-0.3, -0.25) is 0 Å². The van der Waals surface area contributed by atoms with Crippen molar-refractivity contribution in [1.29, 1.82) is 0 Å². The molecule has 1 aromatic rings. The van der Waals surface area contributed by atoms with Crippen molar-refractivity contribution in [1.82, 2.24) is 0 Å². The summed E-state index contributed by atoms with van der Waals surface area (Å²) in [4.78, 5) is 0. The molecule has 0 aromatic heterocycles. The molecule has 4 heteroatoms. The maximum Gasteiger partial charge on any atom is 0.161 e. The Morgan fingerprint density at radius 2 is 1.95 bits per heavy atom. The summed E-state index contributed by atoms with van der Waals surface area (Å²) in [7, 11) is 1.59. The number of aliphatic hydroxyl groups excluding tert-OH is 1. The highest BCUT2D eigenvalue weighted by Crippen LogP contribution is 2.30. The molecule has 0 radical (unpaired) electrons. The van der Waals surface area contributed by atoms with Gasteiger partial charge in [0.1, 0.15) is 6.61 Å². The summed E-state index contributed by atoms with van der Waals surface area (Å²) < 4.78 is 16.3. The Morgan fingerprint density at radius 1 is 1.16 bits per heavy atom. The van der Waals surface area contributed by atoms with E-state index in [2.05, 4.69) is 6.92 Å². The summed E-state index contributed by atoms with van der Waals surface area (Å²) in [5.74, 6) is 1.30. The molecule has 0 fully saturated rings. The van der Waals surface area contributed by atoms with Crippen LogP contribution in [0.4, 0.5) is 0 Å². The van der Waals surface area contributed by atoms with Gasteiger partial charge < -0.3 is 19.3 Å². The zero-order valence-corrected chi connectivity index (χ0v) is 12.0. The summed E-state index contributed by atoms with van der Waals surface area (Å²) in [5.41, 5.74) is 0.809. The van der Waals surface area contributed by atoms with Crippen molar-refractivity contribution in [2.75, 3.05) is 26.9 Å². The maximum absolute atomic E-state index is 9.51. The first-order chi connectivity index (χ1) is 9.19. The summed E-state index contributed by atoms with van der Waals surface area (Å²) in [6.07, 6.45) is 1.70. The molecular weight excluding hydrogens is 244 g/mol. The minimum Gasteiger partial charge on any atom is -0.493 e. The van der Waals surface area contributed by atoms with E-state index in [-0.39, 0.29) is 0 Å². The van der Waals surface area contributed by atoms with Crippen LogP contribution in [-0.2, 0) is 4.74 Å². The van der Waals surface area contributed by atoms with Crippen LogP contribution in [0.2, 0.25) is 0 Å². The van der Waals surface area contributed by atoms with E-state index >= 15 is 0 Å². The lowest BCUT2D eigenvalue weighted by molar-refractivity contribution is 0.0969. The highest BCUT2D eigenvalue weighted by molar-refractivity contribution is 5.43. The van der Waals surface area contributed by atoms with Crippen LogP contribution in [0.5, 0.6) is 11.5 Å². The second kappa shape index (κ2) is 8.77. The average molecular weight is 268 g/mol. The molecule has 4 nitrogen and oxygen atoms in total. The molecule has 0 saturated heterocycles. The molecule has 19 heavy (non-hydrogen) atoms. The SMILES string of the molecule is CCCCOCCOc1ccc([C@H](C)O)cc1OC. The minimum atomic E-state index is -0.514. The molecule has 0 heterocycles. The molecule has 0 aliphatic rings. The van der Waals surface area contributed by atoms with Gasteiger partial charge in [0.15, 0.2) is 11.5 Å². The highest BCUT2D eigenvalue weighted by atomic mass is 16.5. The highest BCUT2D eigenvalue weighted by Gasteiger charge is 2.08. The van der Waals surface area contributed by atoms with Crippen LogP contribution in [0, 0.1) is 0 Å². The van der Waals surface area contributed by atoms with Crippen molar-refractivity contribution in [2.45, 2.75) is 32.8 Å². The molecule has 1 atom stereocenters. The number of methoxy groups -OCH3 is 1. The molecule has 0 aliphatic carbocycles. The quantitative estimate of drug-likeness (QED) is 0.699. The van der Waals surface area contributed by atoms with Gasteiger partial charge in [-0.1, -0.05) is 19.4 Å². The fourth-order valence-electron chi connectivity index (χ4n) is 1.62. The lowest BCUT2D eigenvalue weighted by atomic mass is 10.1. The predicted octanol–water partition coefficient (Wildman–Crippen LogP) is 2.94. The summed E-state index contributed by atoms with van der Waals surface area (Å²) in [5, 5.41) is 9.51. The Morgan fingerprint density at radius 3 is 2.58 bits per heavy atom. The largest absolute Gasteiger partial charge is 0.493 e. The van der Waals surface area contributed by atoms with E-state index in [0.717, 1.165) is 25.0 Å². The van der Waals surface area contributed by atoms with Crippen molar-refractivity contribution in [3.63, 3.8) is 0 Å². The van der Waals surface area contributed by atoms with Crippen molar-refractivity contribution in [3.8, 4) is 11.5 Å². The fourth-order valence-corrected chi connectivity index (χ4v) is 1.62. The Labute approximate surface area is 115 Å². The molecule has 1 aromatic carbocycles. The summed E-state index contributed by atoms with van der Waals surface area (Å²) >= 11 is 0. The number of unbranched alkanes of at least 4 members (excludes halogenated alkanes) is 1. The summed E-state index contributed by atoms with van der Waals surface area (Å²) in [6.45, 7) is 5.69. The molecule has 0 bridgehead atoms. The zero-order valence-electron chi connectivity index (χ0n) is 12.0. The van der Waals surface area contributed by atoms with Gasteiger partial charge in [0, 0.05) is 6.61 Å². The average Bonchev–Trinajstić information content (AvgIpc) is 2.42. The normalized spacial score (nSPS) is 12.2. The Balaban J connectivity index is 2.44. The first-order valence-corrected chi connectivity index (χ1v) is 6.75. The first-order valence-electron chi connectivity index (χ1n) is 6.75. The second-order valence-electron chi connectivity index (χ2n) is 4.40. The molecule has 0 aliphatic heterocycles. The molecule has 0 saturated carbocycles. The Hall–Kier alpha value is -1.26. The molecule has 1 N–H and O–H groups in total. The van der Waals surface area contributed by atoms with Crippen LogP contribution < -0.4 is 9.47 Å². The zero-order chi connectivity index (χ0) is 14.1. The standard InChI is InChI=1S/C15H24O4/c1-4-5-8-18-9-10-19-14-7-6-13(12(2)16)11-15(14)17-3/h6-7,11-12,16H,4-5,8-10H2,1-3H3/t12-/m0/s1. The van der Waals surface area contributed by atoms with E-state index < -0.39 is 6.10 Å². The van der Waals surface area contributed by atoms with Crippen LogP contribution in [0.3, 0.4) is 0 Å². The van der Waals surface area contributed by atoms with E-state index in [1.807, 2.05) is 12.1 Å². The Bertz CT molecular complexity index is 363.